The number of rotatable bonds is 19. The molecule has 0 aromatic heterocycles. The number of nitro groups is 1. The van der Waals surface area contributed by atoms with Gasteiger partial charge in [-0.3, -0.25) is 34.3 Å². The van der Waals surface area contributed by atoms with Crippen molar-refractivity contribution in [3.05, 3.63) is 33.9 Å². The van der Waals surface area contributed by atoms with E-state index in [2.05, 4.69) is 15.6 Å². The Morgan fingerprint density at radius 2 is 1.55 bits per heavy atom. The molecule has 0 unspecified atom stereocenters. The fraction of sp³-hybridized carbons (Fsp3) is 0.576. The number of amides is 2. The van der Waals surface area contributed by atoms with Crippen molar-refractivity contribution in [2.45, 2.75) is 103 Å². The van der Waals surface area contributed by atoms with Crippen molar-refractivity contribution in [3.63, 3.8) is 0 Å². The third-order valence-electron chi connectivity index (χ3n) is 7.54. The molecule has 7 atom stereocenters. The van der Waals surface area contributed by atoms with Crippen LogP contribution in [0.25, 0.3) is 0 Å². The van der Waals surface area contributed by atoms with E-state index in [-0.39, 0.29) is 43.2 Å². The highest BCUT2D eigenvalue weighted by atomic mass is 16.7. The monoisotopic (exact) mass is 798 g/mol. The molecule has 1 heterocycles. The average molecular weight is 799 g/mol. The average Bonchev–Trinajstić information content (AvgIpc) is 3.09. The summed E-state index contributed by atoms with van der Waals surface area (Å²) in [7, 11) is 0.978. The number of hydrogen-bond donors (Lipinski definition) is 5. The van der Waals surface area contributed by atoms with E-state index in [9.17, 15) is 48.8 Å². The van der Waals surface area contributed by atoms with E-state index in [1.807, 2.05) is 0 Å². The molecule has 0 saturated carbocycles. The zero-order valence-electron chi connectivity index (χ0n) is 31.4. The van der Waals surface area contributed by atoms with Gasteiger partial charge in [0.25, 0.3) is 0 Å². The van der Waals surface area contributed by atoms with Gasteiger partial charge in [-0.1, -0.05) is 19.9 Å². The van der Waals surface area contributed by atoms with Crippen LogP contribution in [0.3, 0.4) is 0 Å². The summed E-state index contributed by atoms with van der Waals surface area (Å²) in [5.41, 5.74) is 9.87. The van der Waals surface area contributed by atoms with Crippen LogP contribution in [-0.2, 0) is 63.8 Å². The van der Waals surface area contributed by atoms with Crippen molar-refractivity contribution in [3.8, 4) is 5.75 Å². The van der Waals surface area contributed by atoms with E-state index in [1.165, 1.54) is 6.07 Å². The number of carboxylic acids is 1. The van der Waals surface area contributed by atoms with Crippen LogP contribution in [-0.4, -0.2) is 114 Å². The molecule has 1 fully saturated rings. The Labute approximate surface area is 319 Å². The van der Waals surface area contributed by atoms with E-state index in [4.69, 9.17) is 44.6 Å². The van der Waals surface area contributed by atoms with Crippen molar-refractivity contribution < 1.29 is 76.7 Å². The second-order valence-corrected chi connectivity index (χ2v) is 12.6. The number of carboxylic acid groups (broad SMARTS) is 1. The Hall–Kier alpha value is -6.26. The number of ether oxygens (including phenoxy) is 7. The Morgan fingerprint density at radius 3 is 2.09 bits per heavy atom. The molecular weight excluding hydrogens is 752 g/mol. The standard InChI is InChI=1S/C33H46N6O17/c1-15(2)12-21(28(43)37-20(29(44)45)8-7-11-36-32(34)35)38-33(47)51-14-19-9-10-23(22(13-19)39(48)49)55-31-27(54-18(5)42)25(53-17(4)41)24(52-16(3)40)26(56-31)30(46)50-6/h9-10,13,15,20-21,24-27,31H,7-8,11-12,14H2,1-6H3,(H,37,43)(H,38,47)(H,44,45)(H4,34,35,36)/t20-,21-,24-,25-,26-,27+,31+/m0/s1. The lowest BCUT2D eigenvalue weighted by atomic mass is 9.97. The summed E-state index contributed by atoms with van der Waals surface area (Å²) >= 11 is 0. The molecule has 1 aromatic carbocycles. The molecule has 0 bridgehead atoms. The topological polar surface area (TPSA) is 336 Å². The number of nitro benzene ring substituents is 1. The first kappa shape index (κ1) is 45.9. The number of nitrogens with zero attached hydrogens (tertiary/aromatic N) is 2. The lowest BCUT2D eigenvalue weighted by Crippen LogP contribution is -2.64. The van der Waals surface area contributed by atoms with Crippen LogP contribution in [0.2, 0.25) is 0 Å². The predicted molar refractivity (Wildman–Crippen MR) is 187 cm³/mol. The number of methoxy groups -OCH3 is 1. The molecule has 1 aliphatic rings. The fourth-order valence-electron chi connectivity index (χ4n) is 5.26. The van der Waals surface area contributed by atoms with Gasteiger partial charge in [-0.25, -0.2) is 14.4 Å². The van der Waals surface area contributed by atoms with Gasteiger partial charge in [0.1, 0.15) is 18.7 Å². The molecule has 23 heteroatoms. The van der Waals surface area contributed by atoms with Gasteiger partial charge in [0.2, 0.25) is 18.3 Å². The minimum atomic E-state index is -1.89. The molecule has 1 aliphatic heterocycles. The minimum Gasteiger partial charge on any atom is -0.480 e. The number of guanidine groups is 1. The number of alkyl carbamates (subject to hydrolysis) is 1. The van der Waals surface area contributed by atoms with Crippen LogP contribution in [0.4, 0.5) is 10.5 Å². The summed E-state index contributed by atoms with van der Waals surface area (Å²) < 4.78 is 37.0. The quantitative estimate of drug-likeness (QED) is 0.0232. The van der Waals surface area contributed by atoms with Crippen LogP contribution in [0.15, 0.2) is 23.2 Å². The number of nitrogens with one attached hydrogen (secondary N) is 2. The van der Waals surface area contributed by atoms with Gasteiger partial charge in [0, 0.05) is 33.4 Å². The van der Waals surface area contributed by atoms with Crippen molar-refractivity contribution in [2.75, 3.05) is 13.7 Å². The molecule has 0 aliphatic carbocycles. The maximum absolute atomic E-state index is 13.0. The molecular formula is C33H46N6O17. The Balaban J connectivity index is 2.31. The van der Waals surface area contributed by atoms with Crippen LogP contribution >= 0.6 is 0 Å². The lowest BCUT2D eigenvalue weighted by molar-refractivity contribution is -0.387. The van der Waals surface area contributed by atoms with E-state index in [1.54, 1.807) is 13.8 Å². The van der Waals surface area contributed by atoms with Crippen LogP contribution < -0.4 is 26.8 Å². The van der Waals surface area contributed by atoms with Crippen LogP contribution in [0.1, 0.15) is 59.4 Å². The molecule has 0 radical (unpaired) electrons. The van der Waals surface area contributed by atoms with Crippen molar-refractivity contribution in [1.82, 2.24) is 10.6 Å². The zero-order chi connectivity index (χ0) is 42.3. The Morgan fingerprint density at radius 1 is 0.946 bits per heavy atom. The van der Waals surface area contributed by atoms with Crippen LogP contribution in [0.5, 0.6) is 5.75 Å². The minimum absolute atomic E-state index is 0.0140. The van der Waals surface area contributed by atoms with Gasteiger partial charge in [0.15, 0.2) is 30.0 Å². The molecule has 56 heavy (non-hydrogen) atoms. The summed E-state index contributed by atoms with van der Waals surface area (Å²) in [6, 6.07) is 0.748. The summed E-state index contributed by atoms with van der Waals surface area (Å²) in [5.74, 6) is -6.93. The number of aliphatic imine (C=N–C) groups is 1. The number of esters is 4. The van der Waals surface area contributed by atoms with Crippen molar-refractivity contribution in [2.24, 2.45) is 22.4 Å². The van der Waals surface area contributed by atoms with Gasteiger partial charge in [-0.15, -0.1) is 0 Å². The molecule has 0 spiro atoms. The fourth-order valence-corrected chi connectivity index (χ4v) is 5.26. The highest BCUT2D eigenvalue weighted by molar-refractivity contribution is 5.89. The van der Waals surface area contributed by atoms with Gasteiger partial charge in [-0.2, -0.15) is 0 Å². The van der Waals surface area contributed by atoms with Gasteiger partial charge in [0.05, 0.1) is 12.0 Å². The molecule has 23 nitrogen and oxygen atoms in total. The SMILES string of the molecule is COC(=O)[C@H]1O[C@@H](Oc2ccc(COC(=O)N[C@@H](CC(C)C)C(=O)N[C@@H](CCCN=C(N)N)C(=O)O)cc2[N+](=O)[O-])[C@H](OC(C)=O)[C@@H](OC(C)=O)[C@@H]1OC(C)=O. The van der Waals surface area contributed by atoms with E-state index < -0.39 is 108 Å². The highest BCUT2D eigenvalue weighted by Crippen LogP contribution is 2.35. The van der Waals surface area contributed by atoms with Gasteiger partial charge >= 0.3 is 41.6 Å². The number of benzene rings is 1. The number of carbonyl (C=O) groups excluding carboxylic acids is 6. The normalized spacial score (nSPS) is 19.9. The molecule has 1 saturated heterocycles. The first-order valence-corrected chi connectivity index (χ1v) is 16.9. The maximum Gasteiger partial charge on any atom is 0.408 e. The third-order valence-corrected chi connectivity index (χ3v) is 7.54. The summed E-state index contributed by atoms with van der Waals surface area (Å²) in [4.78, 5) is 101. The first-order chi connectivity index (χ1) is 26.2. The summed E-state index contributed by atoms with van der Waals surface area (Å²) in [6.45, 7) is 6.03. The van der Waals surface area contributed by atoms with Gasteiger partial charge in [-0.05, 0) is 36.8 Å². The number of nitrogens with two attached hydrogens (primary N) is 2. The lowest BCUT2D eigenvalue weighted by Gasteiger charge is -2.42. The predicted octanol–water partition coefficient (Wildman–Crippen LogP) is -0.0695. The van der Waals surface area contributed by atoms with Crippen molar-refractivity contribution >= 4 is 53.5 Å². The van der Waals surface area contributed by atoms with Gasteiger partial charge < -0.3 is 60.4 Å². The van der Waals surface area contributed by atoms with Crippen LogP contribution in [0, 0.1) is 16.0 Å². The first-order valence-electron chi connectivity index (χ1n) is 16.9. The highest BCUT2D eigenvalue weighted by Gasteiger charge is 2.56. The third kappa shape index (κ3) is 14.5. The largest absolute Gasteiger partial charge is 0.480 e. The second kappa shape index (κ2) is 21.6. The smallest absolute Gasteiger partial charge is 0.408 e. The molecule has 310 valence electrons. The molecule has 7 N–H and O–H groups in total. The molecule has 2 rings (SSSR count). The Kier molecular flexibility index (Phi) is 17.7. The zero-order valence-corrected chi connectivity index (χ0v) is 31.4. The maximum atomic E-state index is 13.0. The van der Waals surface area contributed by atoms with Crippen molar-refractivity contribution in [1.29, 1.82) is 0 Å². The number of carbonyl (C=O) groups is 7. The number of hydrogen-bond acceptors (Lipinski definition) is 17. The van der Waals surface area contributed by atoms with E-state index >= 15 is 0 Å². The summed E-state index contributed by atoms with van der Waals surface area (Å²) in [6.07, 6.45) is -9.71. The molecule has 2 amide bonds. The molecule has 1 aromatic rings. The Bertz CT molecular complexity index is 1650. The van der Waals surface area contributed by atoms with E-state index in [0.717, 1.165) is 40.0 Å². The second-order valence-electron chi connectivity index (χ2n) is 12.6. The number of aliphatic carboxylic acids is 1. The summed E-state index contributed by atoms with van der Waals surface area (Å²) in [5, 5.41) is 26.5. The van der Waals surface area contributed by atoms with E-state index in [0.29, 0.717) is 0 Å².